The van der Waals surface area contributed by atoms with E-state index in [0.717, 1.165) is 12.0 Å². The molecule has 11 heavy (non-hydrogen) atoms. The van der Waals surface area contributed by atoms with Gasteiger partial charge in [0.05, 0.1) is 6.61 Å². The number of carbonyl (C=O) groups excluding carboxylic acids is 1. The third-order valence-electron chi connectivity index (χ3n) is 1.75. The molecule has 0 radical (unpaired) electrons. The third kappa shape index (κ3) is 1.82. The molecule has 2 nitrogen and oxygen atoms in total. The molecule has 1 aliphatic rings. The number of ether oxygens (including phenoxy) is 1. The number of carbonyl (C=O) groups is 1. The molecule has 0 aromatic carbocycles. The Morgan fingerprint density at radius 2 is 2.27 bits per heavy atom. The van der Waals surface area contributed by atoms with E-state index in [9.17, 15) is 4.79 Å². The molecule has 0 bridgehead atoms. The van der Waals surface area contributed by atoms with Gasteiger partial charge in [0.2, 0.25) is 0 Å². The molecular formula is C9H14O2. The summed E-state index contributed by atoms with van der Waals surface area (Å²) < 4.78 is 4.83. The first-order chi connectivity index (χ1) is 5.05. The molecule has 0 aromatic heterocycles. The fourth-order valence-corrected chi connectivity index (χ4v) is 1.29. The van der Waals surface area contributed by atoms with Crippen molar-refractivity contribution in [1.82, 2.24) is 0 Å². The van der Waals surface area contributed by atoms with E-state index >= 15 is 0 Å². The largest absolute Gasteiger partial charge is 0.463 e. The number of esters is 1. The average molecular weight is 154 g/mol. The second-order valence-electron chi connectivity index (χ2n) is 3.56. The summed E-state index contributed by atoms with van der Waals surface area (Å²) in [5.41, 5.74) is 1.04. The highest BCUT2D eigenvalue weighted by Gasteiger charge is 2.31. The minimum absolute atomic E-state index is 0.146. The predicted octanol–water partition coefficient (Wildman–Crippen LogP) is 1.91. The predicted molar refractivity (Wildman–Crippen MR) is 43.1 cm³/mol. The zero-order chi connectivity index (χ0) is 8.48. The van der Waals surface area contributed by atoms with E-state index in [4.69, 9.17) is 4.74 Å². The van der Waals surface area contributed by atoms with Crippen LogP contribution in [0.1, 0.15) is 27.2 Å². The van der Waals surface area contributed by atoms with Crippen LogP contribution in [0.4, 0.5) is 0 Å². The zero-order valence-electron chi connectivity index (χ0n) is 7.31. The van der Waals surface area contributed by atoms with E-state index < -0.39 is 0 Å². The van der Waals surface area contributed by atoms with Gasteiger partial charge in [-0.2, -0.15) is 0 Å². The summed E-state index contributed by atoms with van der Waals surface area (Å²) >= 11 is 0. The van der Waals surface area contributed by atoms with E-state index in [2.05, 4.69) is 13.8 Å². The summed E-state index contributed by atoms with van der Waals surface area (Å²) in [5, 5.41) is 0. The molecule has 0 heterocycles. The van der Waals surface area contributed by atoms with Crippen molar-refractivity contribution in [1.29, 1.82) is 0 Å². The van der Waals surface area contributed by atoms with Crippen LogP contribution in [0.2, 0.25) is 0 Å². The Labute approximate surface area is 67.2 Å². The monoisotopic (exact) mass is 154 g/mol. The van der Waals surface area contributed by atoms with Crippen LogP contribution in [0, 0.1) is 5.41 Å². The van der Waals surface area contributed by atoms with Crippen molar-refractivity contribution in [3.63, 3.8) is 0 Å². The van der Waals surface area contributed by atoms with Gasteiger partial charge in [0, 0.05) is 5.57 Å². The molecule has 1 rings (SSSR count). The SMILES string of the molecule is CCOC(=O)C1=CC(C)(C)C1. The Kier molecular flexibility index (Phi) is 2.03. The fourth-order valence-electron chi connectivity index (χ4n) is 1.29. The minimum Gasteiger partial charge on any atom is -0.463 e. The number of hydrogen-bond acceptors (Lipinski definition) is 2. The molecular weight excluding hydrogens is 140 g/mol. The molecule has 0 fully saturated rings. The molecule has 62 valence electrons. The topological polar surface area (TPSA) is 26.3 Å². The Balaban J connectivity index is 2.48. The smallest absolute Gasteiger partial charge is 0.333 e. The van der Waals surface area contributed by atoms with Gasteiger partial charge < -0.3 is 4.74 Å². The first-order valence-corrected chi connectivity index (χ1v) is 3.94. The summed E-state index contributed by atoms with van der Waals surface area (Å²) in [6.07, 6.45) is 2.83. The van der Waals surface area contributed by atoms with Gasteiger partial charge in [0.1, 0.15) is 0 Å². The van der Waals surface area contributed by atoms with Crippen molar-refractivity contribution in [2.75, 3.05) is 6.61 Å². The van der Waals surface area contributed by atoms with Crippen molar-refractivity contribution in [3.05, 3.63) is 11.6 Å². The van der Waals surface area contributed by atoms with Crippen molar-refractivity contribution in [2.45, 2.75) is 27.2 Å². The van der Waals surface area contributed by atoms with E-state index in [1.54, 1.807) is 0 Å². The Bertz CT molecular complexity index is 202. The van der Waals surface area contributed by atoms with E-state index in [1.807, 2.05) is 13.0 Å². The fraction of sp³-hybridized carbons (Fsp3) is 0.667. The van der Waals surface area contributed by atoms with Crippen LogP contribution in [-0.4, -0.2) is 12.6 Å². The first-order valence-electron chi connectivity index (χ1n) is 3.94. The number of hydrogen-bond donors (Lipinski definition) is 0. The Morgan fingerprint density at radius 3 is 2.64 bits per heavy atom. The maximum absolute atomic E-state index is 11.0. The average Bonchev–Trinajstić information content (AvgIpc) is 1.83. The summed E-state index contributed by atoms with van der Waals surface area (Å²) in [7, 11) is 0. The molecule has 1 aliphatic carbocycles. The highest BCUT2D eigenvalue weighted by Crippen LogP contribution is 2.38. The number of rotatable bonds is 2. The zero-order valence-corrected chi connectivity index (χ0v) is 7.31. The molecule has 0 saturated heterocycles. The van der Waals surface area contributed by atoms with Gasteiger partial charge in [-0.1, -0.05) is 19.9 Å². The lowest BCUT2D eigenvalue weighted by molar-refractivity contribution is -0.139. The molecule has 0 unspecified atom stereocenters. The van der Waals surface area contributed by atoms with Crippen LogP contribution in [0.15, 0.2) is 11.6 Å². The van der Waals surface area contributed by atoms with Crippen LogP contribution < -0.4 is 0 Å². The molecule has 0 amide bonds. The lowest BCUT2D eigenvalue weighted by Gasteiger charge is -2.31. The standard InChI is InChI=1S/C9H14O2/c1-4-11-8(10)7-5-9(2,3)6-7/h5H,4,6H2,1-3H3. The normalized spacial score (nSPS) is 20.1. The summed E-state index contributed by atoms with van der Waals surface area (Å²) in [4.78, 5) is 11.0. The molecule has 0 saturated carbocycles. The molecule has 0 atom stereocenters. The molecule has 0 N–H and O–H groups in total. The molecule has 0 aromatic rings. The number of allylic oxidation sites excluding steroid dienone is 1. The Morgan fingerprint density at radius 1 is 1.73 bits per heavy atom. The van der Waals surface area contributed by atoms with Crippen LogP contribution in [0.25, 0.3) is 0 Å². The second-order valence-corrected chi connectivity index (χ2v) is 3.56. The van der Waals surface area contributed by atoms with Gasteiger partial charge in [-0.3, -0.25) is 0 Å². The second kappa shape index (κ2) is 2.68. The lowest BCUT2D eigenvalue weighted by Crippen LogP contribution is -2.25. The van der Waals surface area contributed by atoms with E-state index in [1.165, 1.54) is 0 Å². The highest BCUT2D eigenvalue weighted by molar-refractivity contribution is 5.90. The van der Waals surface area contributed by atoms with Gasteiger partial charge in [-0.05, 0) is 18.8 Å². The highest BCUT2D eigenvalue weighted by atomic mass is 16.5. The van der Waals surface area contributed by atoms with Crippen molar-refractivity contribution >= 4 is 5.97 Å². The van der Waals surface area contributed by atoms with Crippen molar-refractivity contribution < 1.29 is 9.53 Å². The Hall–Kier alpha value is -0.790. The van der Waals surface area contributed by atoms with Gasteiger partial charge in [-0.15, -0.1) is 0 Å². The summed E-state index contributed by atoms with van der Waals surface area (Å²) in [6, 6.07) is 0. The molecule has 0 spiro atoms. The van der Waals surface area contributed by atoms with Gasteiger partial charge in [-0.25, -0.2) is 4.79 Å². The van der Waals surface area contributed by atoms with E-state index in [0.29, 0.717) is 6.61 Å². The molecule has 2 heteroatoms. The van der Waals surface area contributed by atoms with Crippen LogP contribution >= 0.6 is 0 Å². The van der Waals surface area contributed by atoms with Crippen molar-refractivity contribution in [3.8, 4) is 0 Å². The van der Waals surface area contributed by atoms with Gasteiger partial charge in [0.15, 0.2) is 0 Å². The molecule has 0 aliphatic heterocycles. The maximum atomic E-state index is 11.0. The van der Waals surface area contributed by atoms with E-state index in [-0.39, 0.29) is 11.4 Å². The lowest BCUT2D eigenvalue weighted by atomic mass is 9.74. The minimum atomic E-state index is -0.146. The first kappa shape index (κ1) is 8.31. The summed E-state index contributed by atoms with van der Waals surface area (Å²) in [6.45, 7) is 6.50. The van der Waals surface area contributed by atoms with Crippen LogP contribution in [0.3, 0.4) is 0 Å². The van der Waals surface area contributed by atoms with Crippen LogP contribution in [0.5, 0.6) is 0 Å². The van der Waals surface area contributed by atoms with Gasteiger partial charge >= 0.3 is 5.97 Å². The maximum Gasteiger partial charge on any atom is 0.333 e. The van der Waals surface area contributed by atoms with Gasteiger partial charge in [0.25, 0.3) is 0 Å². The third-order valence-corrected chi connectivity index (χ3v) is 1.75. The quantitative estimate of drug-likeness (QED) is 0.568. The summed E-state index contributed by atoms with van der Waals surface area (Å²) in [5.74, 6) is -0.146. The van der Waals surface area contributed by atoms with Crippen LogP contribution in [-0.2, 0) is 9.53 Å². The van der Waals surface area contributed by atoms with Crippen molar-refractivity contribution in [2.24, 2.45) is 5.41 Å².